The predicted octanol–water partition coefficient (Wildman–Crippen LogP) is 13.5. The number of furan rings is 1. The molecule has 262 valence electrons. The molecule has 11 aromatic rings. The van der Waals surface area contributed by atoms with Gasteiger partial charge < -0.3 is 4.42 Å². The molecular formula is C50H30N4OS. The van der Waals surface area contributed by atoms with Gasteiger partial charge in [0.2, 0.25) is 0 Å². The minimum Gasteiger partial charge on any atom is -0.456 e. The van der Waals surface area contributed by atoms with Gasteiger partial charge in [0.25, 0.3) is 0 Å². The second-order valence-corrected chi connectivity index (χ2v) is 14.8. The SMILES string of the molecule is c1ccc(-c2nc(-c3cccc(-c4cccc5ccccc45)c3)nc(-c3ccccc3-c3ccc4c(c3)oc3ccc5sc(-c6ccccc6)nc5c34)n2)cc1. The minimum atomic E-state index is 0.599. The van der Waals surface area contributed by atoms with Crippen LogP contribution in [0, 0.1) is 0 Å². The molecule has 8 aromatic carbocycles. The Hall–Kier alpha value is -7.28. The van der Waals surface area contributed by atoms with Gasteiger partial charge in [0, 0.05) is 27.6 Å². The Bertz CT molecular complexity index is 3260. The first-order valence-electron chi connectivity index (χ1n) is 18.5. The molecule has 56 heavy (non-hydrogen) atoms. The third kappa shape index (κ3) is 5.54. The highest BCUT2D eigenvalue weighted by Crippen LogP contribution is 2.41. The fourth-order valence-electron chi connectivity index (χ4n) is 7.70. The molecular weight excluding hydrogens is 705 g/mol. The van der Waals surface area contributed by atoms with Gasteiger partial charge in [0.05, 0.1) is 15.6 Å². The van der Waals surface area contributed by atoms with E-state index in [1.165, 1.54) is 16.3 Å². The number of nitrogens with zero attached hydrogens (tertiary/aromatic N) is 4. The van der Waals surface area contributed by atoms with Crippen LogP contribution in [0.15, 0.2) is 186 Å². The summed E-state index contributed by atoms with van der Waals surface area (Å²) < 4.78 is 7.67. The van der Waals surface area contributed by atoms with Gasteiger partial charge in [-0.3, -0.25) is 0 Å². The summed E-state index contributed by atoms with van der Waals surface area (Å²) >= 11 is 1.70. The van der Waals surface area contributed by atoms with Crippen molar-refractivity contribution in [3.8, 4) is 67.0 Å². The van der Waals surface area contributed by atoms with Crippen LogP contribution in [0.1, 0.15) is 0 Å². The Kier molecular flexibility index (Phi) is 7.60. The average molecular weight is 735 g/mol. The molecule has 11 rings (SSSR count). The Balaban J connectivity index is 1.04. The highest BCUT2D eigenvalue weighted by Gasteiger charge is 2.19. The smallest absolute Gasteiger partial charge is 0.164 e. The van der Waals surface area contributed by atoms with Crippen molar-refractivity contribution in [2.24, 2.45) is 0 Å². The van der Waals surface area contributed by atoms with Crippen LogP contribution < -0.4 is 0 Å². The van der Waals surface area contributed by atoms with Crippen molar-refractivity contribution in [2.45, 2.75) is 0 Å². The molecule has 3 aromatic heterocycles. The highest BCUT2D eigenvalue weighted by molar-refractivity contribution is 7.21. The first-order valence-corrected chi connectivity index (χ1v) is 19.4. The molecule has 0 saturated carbocycles. The van der Waals surface area contributed by atoms with Crippen LogP contribution >= 0.6 is 11.3 Å². The Morgan fingerprint density at radius 1 is 0.375 bits per heavy atom. The summed E-state index contributed by atoms with van der Waals surface area (Å²) in [5.74, 6) is 1.83. The van der Waals surface area contributed by atoms with Gasteiger partial charge in [-0.05, 0) is 63.4 Å². The van der Waals surface area contributed by atoms with Crippen molar-refractivity contribution in [2.75, 3.05) is 0 Å². The van der Waals surface area contributed by atoms with Gasteiger partial charge in [-0.15, -0.1) is 11.3 Å². The van der Waals surface area contributed by atoms with Gasteiger partial charge in [0.1, 0.15) is 16.2 Å². The fraction of sp³-hybridized carbons (Fsp3) is 0. The first kappa shape index (κ1) is 32.2. The summed E-state index contributed by atoms with van der Waals surface area (Å²) in [6.07, 6.45) is 0. The maximum atomic E-state index is 6.53. The van der Waals surface area contributed by atoms with Gasteiger partial charge in [-0.25, -0.2) is 19.9 Å². The van der Waals surface area contributed by atoms with Gasteiger partial charge in [-0.1, -0.05) is 152 Å². The summed E-state index contributed by atoms with van der Waals surface area (Å²) in [4.78, 5) is 20.5. The molecule has 0 bridgehead atoms. The lowest BCUT2D eigenvalue weighted by Gasteiger charge is -2.13. The second kappa shape index (κ2) is 13.2. The van der Waals surface area contributed by atoms with Crippen LogP contribution in [0.3, 0.4) is 0 Å². The lowest BCUT2D eigenvalue weighted by molar-refractivity contribution is 0.669. The highest BCUT2D eigenvalue weighted by atomic mass is 32.1. The van der Waals surface area contributed by atoms with E-state index < -0.39 is 0 Å². The van der Waals surface area contributed by atoms with Gasteiger partial charge >= 0.3 is 0 Å². The quantitative estimate of drug-likeness (QED) is 0.170. The molecule has 0 unspecified atom stereocenters. The molecule has 0 N–H and O–H groups in total. The number of fused-ring (bicyclic) bond motifs is 6. The largest absolute Gasteiger partial charge is 0.456 e. The lowest BCUT2D eigenvalue weighted by Crippen LogP contribution is -2.01. The number of aromatic nitrogens is 4. The molecule has 0 aliphatic heterocycles. The fourth-order valence-corrected chi connectivity index (χ4v) is 8.68. The molecule has 3 heterocycles. The molecule has 0 saturated heterocycles. The van der Waals surface area contributed by atoms with Crippen LogP contribution in [0.5, 0.6) is 0 Å². The first-order chi connectivity index (χ1) is 27.7. The van der Waals surface area contributed by atoms with Crippen molar-refractivity contribution < 1.29 is 4.42 Å². The zero-order valence-electron chi connectivity index (χ0n) is 29.9. The van der Waals surface area contributed by atoms with E-state index in [0.717, 1.165) is 76.1 Å². The normalized spacial score (nSPS) is 11.6. The molecule has 0 aliphatic rings. The summed E-state index contributed by atoms with van der Waals surface area (Å²) in [6, 6.07) is 62.8. The third-order valence-corrected chi connectivity index (χ3v) is 11.5. The molecule has 5 nitrogen and oxygen atoms in total. The minimum absolute atomic E-state index is 0.599. The van der Waals surface area contributed by atoms with E-state index in [2.05, 4.69) is 140 Å². The number of hydrogen-bond acceptors (Lipinski definition) is 6. The monoisotopic (exact) mass is 734 g/mol. The van der Waals surface area contributed by atoms with Crippen molar-refractivity contribution >= 4 is 54.3 Å². The maximum Gasteiger partial charge on any atom is 0.164 e. The molecule has 6 heteroatoms. The summed E-state index contributed by atoms with van der Waals surface area (Å²) in [5.41, 5.74) is 10.7. The van der Waals surface area contributed by atoms with E-state index in [1.54, 1.807) is 11.3 Å². The third-order valence-electron chi connectivity index (χ3n) is 10.4. The topological polar surface area (TPSA) is 64.7 Å². The zero-order valence-corrected chi connectivity index (χ0v) is 30.7. The Morgan fingerprint density at radius 3 is 1.86 bits per heavy atom. The van der Waals surface area contributed by atoms with E-state index in [4.69, 9.17) is 24.4 Å². The van der Waals surface area contributed by atoms with Crippen molar-refractivity contribution in [1.82, 2.24) is 19.9 Å². The number of hydrogen-bond donors (Lipinski definition) is 0. The molecule has 0 aliphatic carbocycles. The maximum absolute atomic E-state index is 6.53. The zero-order chi connectivity index (χ0) is 37.0. The average Bonchev–Trinajstić information content (AvgIpc) is 3.88. The van der Waals surface area contributed by atoms with Crippen LogP contribution in [0.4, 0.5) is 0 Å². The van der Waals surface area contributed by atoms with Gasteiger partial charge in [-0.2, -0.15) is 0 Å². The van der Waals surface area contributed by atoms with E-state index in [9.17, 15) is 0 Å². The van der Waals surface area contributed by atoms with Crippen molar-refractivity contribution in [1.29, 1.82) is 0 Å². The van der Waals surface area contributed by atoms with E-state index >= 15 is 0 Å². The molecule has 0 fully saturated rings. The molecule has 0 spiro atoms. The Labute approximate surface area is 326 Å². The van der Waals surface area contributed by atoms with Crippen molar-refractivity contribution in [3.63, 3.8) is 0 Å². The van der Waals surface area contributed by atoms with Crippen molar-refractivity contribution in [3.05, 3.63) is 182 Å². The molecule has 0 amide bonds. The van der Waals surface area contributed by atoms with Gasteiger partial charge in [0.15, 0.2) is 17.5 Å². The number of thiazole rings is 1. The van der Waals surface area contributed by atoms with E-state index in [-0.39, 0.29) is 0 Å². The van der Waals surface area contributed by atoms with Crippen LogP contribution in [-0.4, -0.2) is 19.9 Å². The molecule has 0 atom stereocenters. The molecule has 0 radical (unpaired) electrons. The standard InChI is InChI=1S/C50H30N4OS/c1-3-14-32(15-4-1)47-52-48(36-20-11-19-34(29-36)38-24-12-18-31-13-7-8-21-37(31)38)54-49(53-47)40-23-10-9-22-39(40)35-25-26-41-43(30-35)55-42-27-28-44-46(45(41)42)51-50(56-44)33-16-5-2-6-17-33/h1-30H. The van der Waals surface area contributed by atoms with Crippen LogP contribution in [-0.2, 0) is 0 Å². The Morgan fingerprint density at radius 2 is 1.00 bits per heavy atom. The summed E-state index contributed by atoms with van der Waals surface area (Å²) in [6.45, 7) is 0. The van der Waals surface area contributed by atoms with E-state index in [0.29, 0.717) is 17.5 Å². The van der Waals surface area contributed by atoms with E-state index in [1.807, 2.05) is 42.5 Å². The lowest BCUT2D eigenvalue weighted by atomic mass is 9.96. The number of benzene rings is 8. The predicted molar refractivity (Wildman–Crippen MR) is 230 cm³/mol. The summed E-state index contributed by atoms with van der Waals surface area (Å²) in [5, 5.41) is 5.49. The van der Waals surface area contributed by atoms with Crippen LogP contribution in [0.2, 0.25) is 0 Å². The summed E-state index contributed by atoms with van der Waals surface area (Å²) in [7, 11) is 0. The second-order valence-electron chi connectivity index (χ2n) is 13.8. The van der Waals surface area contributed by atoms with Crippen LogP contribution in [0.25, 0.3) is 110 Å². The number of rotatable bonds is 6.